The molecule has 0 amide bonds. The fourth-order valence-electron chi connectivity index (χ4n) is 4.09. The van der Waals surface area contributed by atoms with Crippen molar-refractivity contribution in [3.8, 4) is 5.75 Å². The lowest BCUT2D eigenvalue weighted by Gasteiger charge is -2.39. The summed E-state index contributed by atoms with van der Waals surface area (Å²) in [4.78, 5) is 18.5. The Morgan fingerprint density at radius 1 is 1.10 bits per heavy atom. The highest BCUT2D eigenvalue weighted by Gasteiger charge is 2.32. The van der Waals surface area contributed by atoms with Crippen LogP contribution < -0.4 is 9.64 Å². The Morgan fingerprint density at radius 3 is 2.38 bits per heavy atom. The second-order valence-corrected chi connectivity index (χ2v) is 7.82. The lowest BCUT2D eigenvalue weighted by molar-refractivity contribution is -0.167. The maximum Gasteiger partial charge on any atom is 0.336 e. The van der Waals surface area contributed by atoms with E-state index >= 15 is 0 Å². The molecule has 0 saturated carbocycles. The summed E-state index contributed by atoms with van der Waals surface area (Å²) in [5.74, 6) is 0.507. The highest BCUT2D eigenvalue weighted by molar-refractivity contribution is 5.75. The first-order chi connectivity index (χ1) is 14.0. The number of carbonyl (C=O) groups excluding carboxylic acids is 1. The molecular weight excluding hydrogens is 374 g/mol. The van der Waals surface area contributed by atoms with E-state index in [9.17, 15) is 9.90 Å². The Labute approximate surface area is 172 Å². The highest BCUT2D eigenvalue weighted by atomic mass is 16.6. The van der Waals surface area contributed by atoms with Gasteiger partial charge in [0.15, 0.2) is 6.10 Å². The number of aliphatic hydroxyl groups is 1. The molecule has 0 bridgehead atoms. The Hall–Kier alpha value is -1.87. The quantitative estimate of drug-likeness (QED) is 0.653. The van der Waals surface area contributed by atoms with E-state index in [-0.39, 0.29) is 12.1 Å². The third-order valence-corrected chi connectivity index (χ3v) is 5.55. The number of piperazine rings is 1. The van der Waals surface area contributed by atoms with Crippen molar-refractivity contribution in [2.45, 2.75) is 25.2 Å². The molecule has 3 rings (SSSR count). The van der Waals surface area contributed by atoms with Gasteiger partial charge in [-0.05, 0) is 31.2 Å². The summed E-state index contributed by atoms with van der Waals surface area (Å²) >= 11 is 0. The van der Waals surface area contributed by atoms with Gasteiger partial charge in [-0.15, -0.1) is 0 Å². The van der Waals surface area contributed by atoms with Gasteiger partial charge in [-0.1, -0.05) is 0 Å². The summed E-state index contributed by atoms with van der Waals surface area (Å²) < 4.78 is 15.7. The highest BCUT2D eigenvalue weighted by Crippen LogP contribution is 2.20. The number of morpholine rings is 1. The maximum atomic E-state index is 11.8. The van der Waals surface area contributed by atoms with Gasteiger partial charge in [0.2, 0.25) is 0 Å². The van der Waals surface area contributed by atoms with Crippen molar-refractivity contribution in [3.05, 3.63) is 24.3 Å². The molecule has 162 valence electrons. The first kappa shape index (κ1) is 21.8. The number of hydrogen-bond acceptors (Lipinski definition) is 8. The van der Waals surface area contributed by atoms with Gasteiger partial charge in [-0.2, -0.15) is 0 Å². The minimum atomic E-state index is -0.580. The summed E-state index contributed by atoms with van der Waals surface area (Å²) in [7, 11) is 3.04. The van der Waals surface area contributed by atoms with E-state index in [2.05, 4.69) is 26.8 Å². The lowest BCUT2D eigenvalue weighted by Crippen LogP contribution is -2.54. The molecule has 29 heavy (non-hydrogen) atoms. The van der Waals surface area contributed by atoms with Crippen molar-refractivity contribution in [1.82, 2.24) is 9.80 Å². The van der Waals surface area contributed by atoms with Crippen LogP contribution in [-0.4, -0.2) is 106 Å². The summed E-state index contributed by atoms with van der Waals surface area (Å²) in [6.07, 6.45) is -1.11. The largest absolute Gasteiger partial charge is 0.497 e. The van der Waals surface area contributed by atoms with Gasteiger partial charge in [0.05, 0.1) is 26.4 Å². The topological polar surface area (TPSA) is 74.7 Å². The molecule has 2 saturated heterocycles. The smallest absolute Gasteiger partial charge is 0.336 e. The van der Waals surface area contributed by atoms with Crippen molar-refractivity contribution in [2.24, 2.45) is 0 Å². The molecule has 0 radical (unpaired) electrons. The predicted octanol–water partition coefficient (Wildman–Crippen LogP) is 0.440. The Balaban J connectivity index is 1.43. The molecule has 0 unspecified atom stereocenters. The normalized spacial score (nSPS) is 24.9. The monoisotopic (exact) mass is 407 g/mol. The van der Waals surface area contributed by atoms with E-state index in [0.29, 0.717) is 26.2 Å². The standard InChI is InChI=1S/C21H33N3O5/c1-16-12-23(15-20(29-16)21(26)28-3)14-18(25)13-22-8-10-24(11-9-22)17-4-6-19(27-2)7-5-17/h4-7,16,18,20,25H,8-15H2,1-3H3/t16-,18-,20+/m1/s1. The van der Waals surface area contributed by atoms with Gasteiger partial charge >= 0.3 is 5.97 Å². The van der Waals surface area contributed by atoms with Crippen molar-refractivity contribution >= 4 is 11.7 Å². The number of benzene rings is 1. The van der Waals surface area contributed by atoms with Crippen molar-refractivity contribution < 1.29 is 24.1 Å². The van der Waals surface area contributed by atoms with Crippen LogP contribution in [0.2, 0.25) is 0 Å². The van der Waals surface area contributed by atoms with E-state index in [4.69, 9.17) is 14.2 Å². The molecule has 1 N–H and O–H groups in total. The molecule has 0 aromatic heterocycles. The number of rotatable bonds is 7. The average Bonchev–Trinajstić information content (AvgIpc) is 2.73. The fourth-order valence-corrected chi connectivity index (χ4v) is 4.09. The summed E-state index contributed by atoms with van der Waals surface area (Å²) in [6, 6.07) is 8.13. The molecule has 2 aliphatic heterocycles. The molecule has 3 atom stereocenters. The second-order valence-electron chi connectivity index (χ2n) is 7.82. The zero-order valence-corrected chi connectivity index (χ0v) is 17.6. The number of ether oxygens (including phenoxy) is 3. The number of β-amino-alcohol motifs (C(OH)–C–C–N with tert-alkyl or cyclic N) is 1. The third kappa shape index (κ3) is 6.05. The zero-order chi connectivity index (χ0) is 20.8. The van der Waals surface area contributed by atoms with E-state index < -0.39 is 12.2 Å². The van der Waals surface area contributed by atoms with E-state index in [1.54, 1.807) is 7.11 Å². The number of aliphatic hydroxyl groups excluding tert-OH is 1. The van der Waals surface area contributed by atoms with Gasteiger partial charge in [0.25, 0.3) is 0 Å². The summed E-state index contributed by atoms with van der Waals surface area (Å²) in [5.41, 5.74) is 1.20. The SMILES string of the molecule is COC(=O)[C@@H]1CN(C[C@H](O)CN2CCN(c3ccc(OC)cc3)CC2)C[C@@H](C)O1. The Bertz CT molecular complexity index is 648. The number of carbonyl (C=O) groups is 1. The van der Waals surface area contributed by atoms with Crippen LogP contribution in [0.25, 0.3) is 0 Å². The maximum absolute atomic E-state index is 11.8. The number of esters is 1. The van der Waals surface area contributed by atoms with E-state index in [1.807, 2.05) is 19.1 Å². The fraction of sp³-hybridized carbons (Fsp3) is 0.667. The van der Waals surface area contributed by atoms with Crippen molar-refractivity contribution in [2.75, 3.05) is 71.5 Å². The van der Waals surface area contributed by atoms with Crippen LogP contribution in [0.15, 0.2) is 24.3 Å². The van der Waals surface area contributed by atoms with Crippen LogP contribution in [0, 0.1) is 0 Å². The summed E-state index contributed by atoms with van der Waals surface area (Å²) in [5, 5.41) is 10.6. The molecule has 2 aliphatic rings. The first-order valence-corrected chi connectivity index (χ1v) is 10.2. The number of anilines is 1. The average molecular weight is 408 g/mol. The van der Waals surface area contributed by atoms with Crippen LogP contribution in [-0.2, 0) is 14.3 Å². The number of hydrogen-bond donors (Lipinski definition) is 1. The summed E-state index contributed by atoms with van der Waals surface area (Å²) in [6.45, 7) is 7.93. The van der Waals surface area contributed by atoms with Crippen molar-refractivity contribution in [3.63, 3.8) is 0 Å². The molecule has 1 aromatic rings. The minimum Gasteiger partial charge on any atom is -0.497 e. The van der Waals surface area contributed by atoms with Gasteiger partial charge < -0.3 is 24.2 Å². The molecular formula is C21H33N3O5. The minimum absolute atomic E-state index is 0.0620. The molecule has 2 fully saturated rings. The van der Waals surface area contributed by atoms with Crippen LogP contribution in [0.4, 0.5) is 5.69 Å². The molecule has 1 aromatic carbocycles. The Morgan fingerprint density at radius 2 is 1.76 bits per heavy atom. The molecule has 8 nitrogen and oxygen atoms in total. The van der Waals surface area contributed by atoms with Gasteiger partial charge in [0, 0.05) is 58.0 Å². The molecule has 0 aliphatic carbocycles. The second kappa shape index (κ2) is 10.2. The number of methoxy groups -OCH3 is 2. The Kier molecular flexibility index (Phi) is 7.71. The predicted molar refractivity (Wildman–Crippen MR) is 110 cm³/mol. The molecule has 2 heterocycles. The number of nitrogens with zero attached hydrogens (tertiary/aromatic N) is 3. The van der Waals surface area contributed by atoms with Crippen molar-refractivity contribution in [1.29, 1.82) is 0 Å². The van der Waals surface area contributed by atoms with Gasteiger partial charge in [-0.3, -0.25) is 9.80 Å². The van der Waals surface area contributed by atoms with Crippen LogP contribution in [0.1, 0.15) is 6.92 Å². The van der Waals surface area contributed by atoms with Gasteiger partial charge in [-0.25, -0.2) is 4.79 Å². The lowest BCUT2D eigenvalue weighted by atomic mass is 10.2. The molecule has 8 heteroatoms. The van der Waals surface area contributed by atoms with E-state index in [1.165, 1.54) is 12.8 Å². The van der Waals surface area contributed by atoms with Crippen LogP contribution in [0.5, 0.6) is 5.75 Å². The third-order valence-electron chi connectivity index (χ3n) is 5.55. The van der Waals surface area contributed by atoms with Crippen LogP contribution >= 0.6 is 0 Å². The van der Waals surface area contributed by atoms with Gasteiger partial charge in [0.1, 0.15) is 5.75 Å². The van der Waals surface area contributed by atoms with E-state index in [0.717, 1.165) is 31.9 Å². The zero-order valence-electron chi connectivity index (χ0n) is 17.6. The first-order valence-electron chi connectivity index (χ1n) is 10.2. The van der Waals surface area contributed by atoms with Crippen LogP contribution in [0.3, 0.4) is 0 Å². The molecule has 0 spiro atoms.